The Kier molecular flexibility index (Phi) is 2.74. The minimum absolute atomic E-state index is 0.00965. The molecule has 0 atom stereocenters. The van der Waals surface area contributed by atoms with Crippen molar-refractivity contribution in [2.24, 2.45) is 13.0 Å². The van der Waals surface area contributed by atoms with Gasteiger partial charge in [0.25, 0.3) is 11.8 Å². The van der Waals surface area contributed by atoms with Crippen molar-refractivity contribution in [2.75, 3.05) is 0 Å². The van der Waals surface area contributed by atoms with Gasteiger partial charge in [-0.3, -0.25) is 14.9 Å². The Morgan fingerprint density at radius 1 is 1.10 bits per heavy atom. The van der Waals surface area contributed by atoms with Crippen LogP contribution in [0.15, 0.2) is 36.0 Å². The summed E-state index contributed by atoms with van der Waals surface area (Å²) in [5, 5.41) is 3.40. The first-order valence-corrected chi connectivity index (χ1v) is 6.65. The molecule has 1 aromatic carbocycles. The number of para-hydroxylation sites is 1. The van der Waals surface area contributed by atoms with Crippen LogP contribution in [0.1, 0.15) is 19.4 Å². The van der Waals surface area contributed by atoms with E-state index in [1.807, 2.05) is 55.9 Å². The zero-order chi connectivity index (χ0) is 14.4. The van der Waals surface area contributed by atoms with E-state index in [2.05, 4.69) is 5.32 Å². The summed E-state index contributed by atoms with van der Waals surface area (Å²) >= 11 is 0. The first kappa shape index (κ1) is 12.7. The summed E-state index contributed by atoms with van der Waals surface area (Å²) in [5.74, 6) is -0.557. The lowest BCUT2D eigenvalue weighted by Gasteiger charge is -2.06. The molecule has 3 rings (SSSR count). The van der Waals surface area contributed by atoms with Crippen LogP contribution in [0.3, 0.4) is 0 Å². The van der Waals surface area contributed by atoms with E-state index in [-0.39, 0.29) is 17.7 Å². The fourth-order valence-electron chi connectivity index (χ4n) is 2.83. The van der Waals surface area contributed by atoms with Crippen LogP contribution in [0.4, 0.5) is 0 Å². The second-order valence-electron chi connectivity index (χ2n) is 5.40. The molecule has 0 unspecified atom stereocenters. The summed E-state index contributed by atoms with van der Waals surface area (Å²) in [5.41, 5.74) is 2.97. The molecule has 102 valence electrons. The lowest BCUT2D eigenvalue weighted by Crippen LogP contribution is -2.23. The predicted octanol–water partition coefficient (Wildman–Crippen LogP) is 2.24. The van der Waals surface area contributed by atoms with Crippen molar-refractivity contribution in [1.82, 2.24) is 9.88 Å². The molecule has 20 heavy (non-hydrogen) atoms. The highest BCUT2D eigenvalue weighted by Crippen LogP contribution is 2.33. The third kappa shape index (κ3) is 1.68. The molecule has 0 radical (unpaired) electrons. The van der Waals surface area contributed by atoms with Gasteiger partial charge in [0.15, 0.2) is 0 Å². The van der Waals surface area contributed by atoms with E-state index in [0.29, 0.717) is 11.1 Å². The number of aryl methyl sites for hydroxylation is 1. The maximum Gasteiger partial charge on any atom is 0.259 e. The smallest absolute Gasteiger partial charge is 0.259 e. The Hall–Kier alpha value is -2.36. The number of nitrogens with one attached hydrogen (secondary N) is 1. The molecule has 4 nitrogen and oxygen atoms in total. The molecule has 0 saturated heterocycles. The van der Waals surface area contributed by atoms with Gasteiger partial charge in [-0.05, 0) is 12.0 Å². The zero-order valence-corrected chi connectivity index (χ0v) is 11.7. The Balaban J connectivity index is 2.34. The molecule has 0 fully saturated rings. The van der Waals surface area contributed by atoms with Crippen LogP contribution in [0, 0.1) is 5.92 Å². The summed E-state index contributed by atoms with van der Waals surface area (Å²) in [6, 6.07) is 7.88. The number of carbonyl (C=O) groups is 2. The van der Waals surface area contributed by atoms with Crippen LogP contribution in [-0.2, 0) is 16.6 Å². The van der Waals surface area contributed by atoms with E-state index in [1.165, 1.54) is 0 Å². The van der Waals surface area contributed by atoms with Gasteiger partial charge in [-0.2, -0.15) is 0 Å². The molecule has 0 saturated carbocycles. The lowest BCUT2D eigenvalue weighted by molar-refractivity contribution is -0.123. The summed E-state index contributed by atoms with van der Waals surface area (Å²) < 4.78 is 1.98. The second kappa shape index (κ2) is 4.34. The van der Waals surface area contributed by atoms with Crippen LogP contribution in [0.5, 0.6) is 0 Å². The Bertz CT molecular complexity index is 766. The Labute approximate surface area is 117 Å². The molecule has 1 aromatic heterocycles. The summed E-state index contributed by atoms with van der Waals surface area (Å²) in [7, 11) is 1.94. The molecule has 0 bridgehead atoms. The van der Waals surface area contributed by atoms with Crippen molar-refractivity contribution < 1.29 is 9.59 Å². The van der Waals surface area contributed by atoms with Crippen molar-refractivity contribution in [3.05, 3.63) is 41.6 Å². The quantitative estimate of drug-likeness (QED) is 0.849. The van der Waals surface area contributed by atoms with Crippen molar-refractivity contribution in [2.45, 2.75) is 13.8 Å². The number of carbonyl (C=O) groups excluding carboxylic acids is 2. The Morgan fingerprint density at radius 3 is 2.50 bits per heavy atom. The van der Waals surface area contributed by atoms with Gasteiger partial charge in [-0.1, -0.05) is 32.0 Å². The minimum Gasteiger partial charge on any atom is -0.350 e. The number of imide groups is 1. The molecule has 1 N–H and O–H groups in total. The largest absolute Gasteiger partial charge is 0.350 e. The fourth-order valence-corrected chi connectivity index (χ4v) is 2.83. The summed E-state index contributed by atoms with van der Waals surface area (Å²) in [6.07, 6.45) is 1.92. The highest BCUT2D eigenvalue weighted by atomic mass is 16.2. The van der Waals surface area contributed by atoms with Crippen LogP contribution in [0.25, 0.3) is 16.5 Å². The maximum absolute atomic E-state index is 12.2. The van der Waals surface area contributed by atoms with E-state index >= 15 is 0 Å². The van der Waals surface area contributed by atoms with Gasteiger partial charge < -0.3 is 4.57 Å². The van der Waals surface area contributed by atoms with E-state index < -0.39 is 0 Å². The third-order valence-corrected chi connectivity index (χ3v) is 3.71. The monoisotopic (exact) mass is 268 g/mol. The number of benzene rings is 1. The standard InChI is InChI=1S/C16H16N2O2/c1-9(2)13-14(16(20)17-15(13)19)11-8-18(3)12-7-5-4-6-10(11)12/h4-9H,1-3H3,(H,17,19,20). The van der Waals surface area contributed by atoms with Crippen LogP contribution in [0.2, 0.25) is 0 Å². The van der Waals surface area contributed by atoms with Gasteiger partial charge in [-0.25, -0.2) is 0 Å². The Morgan fingerprint density at radius 2 is 1.80 bits per heavy atom. The minimum atomic E-state index is -0.296. The molecule has 2 aromatic rings. The first-order valence-electron chi connectivity index (χ1n) is 6.65. The zero-order valence-electron chi connectivity index (χ0n) is 11.7. The number of amides is 2. The summed E-state index contributed by atoms with van der Waals surface area (Å²) in [4.78, 5) is 24.1. The molecule has 0 aliphatic carbocycles. The average molecular weight is 268 g/mol. The van der Waals surface area contributed by atoms with E-state index in [4.69, 9.17) is 0 Å². The van der Waals surface area contributed by atoms with Gasteiger partial charge in [0.2, 0.25) is 0 Å². The van der Waals surface area contributed by atoms with Gasteiger partial charge in [0.1, 0.15) is 0 Å². The van der Waals surface area contributed by atoms with Gasteiger partial charge in [0, 0.05) is 35.3 Å². The SMILES string of the molecule is CC(C)C1=C(c2cn(C)c3ccccc23)C(=O)NC1=O. The third-order valence-electron chi connectivity index (χ3n) is 3.71. The number of hydrogen-bond acceptors (Lipinski definition) is 2. The highest BCUT2D eigenvalue weighted by Gasteiger charge is 2.33. The molecular weight excluding hydrogens is 252 g/mol. The second-order valence-corrected chi connectivity index (χ2v) is 5.40. The van der Waals surface area contributed by atoms with Crippen molar-refractivity contribution in [3.63, 3.8) is 0 Å². The molecule has 4 heteroatoms. The maximum atomic E-state index is 12.2. The van der Waals surface area contributed by atoms with Crippen LogP contribution < -0.4 is 5.32 Å². The van der Waals surface area contributed by atoms with Crippen LogP contribution >= 0.6 is 0 Å². The summed E-state index contributed by atoms with van der Waals surface area (Å²) in [6.45, 7) is 3.86. The molecule has 2 heterocycles. The molecule has 1 aliphatic heterocycles. The van der Waals surface area contributed by atoms with Crippen LogP contribution in [-0.4, -0.2) is 16.4 Å². The number of aromatic nitrogens is 1. The lowest BCUT2D eigenvalue weighted by atomic mass is 9.94. The van der Waals surface area contributed by atoms with Crippen molar-refractivity contribution in [3.8, 4) is 0 Å². The number of fused-ring (bicyclic) bond motifs is 1. The van der Waals surface area contributed by atoms with Gasteiger partial charge in [-0.15, -0.1) is 0 Å². The predicted molar refractivity (Wildman–Crippen MR) is 77.8 cm³/mol. The average Bonchev–Trinajstić information content (AvgIpc) is 2.87. The fraction of sp³-hybridized carbons (Fsp3) is 0.250. The molecule has 0 spiro atoms. The first-order chi connectivity index (χ1) is 9.50. The van der Waals surface area contributed by atoms with Gasteiger partial charge in [0.05, 0.1) is 5.57 Å². The molecule has 2 amide bonds. The van der Waals surface area contributed by atoms with Gasteiger partial charge >= 0.3 is 0 Å². The van der Waals surface area contributed by atoms with E-state index in [0.717, 1.165) is 16.5 Å². The molecular formula is C16H16N2O2. The topological polar surface area (TPSA) is 51.1 Å². The molecule has 1 aliphatic rings. The van der Waals surface area contributed by atoms with Crippen molar-refractivity contribution >= 4 is 28.3 Å². The number of hydrogen-bond donors (Lipinski definition) is 1. The number of nitrogens with zero attached hydrogens (tertiary/aromatic N) is 1. The normalized spacial score (nSPS) is 15.6. The number of rotatable bonds is 2. The van der Waals surface area contributed by atoms with E-state index in [9.17, 15) is 9.59 Å². The van der Waals surface area contributed by atoms with E-state index in [1.54, 1.807) is 0 Å². The highest BCUT2D eigenvalue weighted by molar-refractivity contribution is 6.37. The van der Waals surface area contributed by atoms with Crippen molar-refractivity contribution in [1.29, 1.82) is 0 Å².